The van der Waals surface area contributed by atoms with Gasteiger partial charge >= 0.3 is 0 Å². The molecular formula is C20H24ClNO2S. The Morgan fingerprint density at radius 1 is 1.20 bits per heavy atom. The summed E-state index contributed by atoms with van der Waals surface area (Å²) in [6.07, 6.45) is 0.114. The number of benzene rings is 2. The van der Waals surface area contributed by atoms with Crippen molar-refractivity contribution in [3.63, 3.8) is 0 Å². The zero-order chi connectivity index (χ0) is 18.2. The van der Waals surface area contributed by atoms with Crippen molar-refractivity contribution in [1.82, 2.24) is 5.32 Å². The average Bonchev–Trinajstić information content (AvgIpc) is 2.61. The highest BCUT2D eigenvalue weighted by Gasteiger charge is 2.18. The van der Waals surface area contributed by atoms with Crippen LogP contribution in [0.2, 0.25) is 5.02 Å². The fraction of sp³-hybridized carbons (Fsp3) is 0.350. The lowest BCUT2D eigenvalue weighted by molar-refractivity contribution is -0.127. The molecule has 0 saturated heterocycles. The molecule has 0 radical (unpaired) electrons. The Bertz CT molecular complexity index is 703. The number of rotatable bonds is 8. The molecule has 0 saturated carbocycles. The molecule has 1 N–H and O–H groups in total. The van der Waals surface area contributed by atoms with Crippen molar-refractivity contribution >= 4 is 29.3 Å². The number of nitrogens with one attached hydrogen (secondary N) is 1. The molecule has 1 atom stereocenters. The second-order valence-corrected chi connectivity index (χ2v) is 7.45. The molecule has 2 rings (SSSR count). The predicted molar refractivity (Wildman–Crippen MR) is 106 cm³/mol. The Labute approximate surface area is 159 Å². The highest BCUT2D eigenvalue weighted by atomic mass is 35.5. The lowest BCUT2D eigenvalue weighted by Crippen LogP contribution is -2.39. The first kappa shape index (κ1) is 19.7. The molecule has 0 aliphatic carbocycles. The fourth-order valence-corrected chi connectivity index (χ4v) is 3.15. The largest absolute Gasteiger partial charge is 0.481 e. The van der Waals surface area contributed by atoms with Crippen molar-refractivity contribution in [1.29, 1.82) is 0 Å². The molecule has 2 aromatic rings. The smallest absolute Gasteiger partial charge is 0.261 e. The van der Waals surface area contributed by atoms with Gasteiger partial charge in [0.15, 0.2) is 6.10 Å². The van der Waals surface area contributed by atoms with Gasteiger partial charge in [0, 0.05) is 22.2 Å². The van der Waals surface area contributed by atoms with Crippen LogP contribution in [0.25, 0.3) is 0 Å². The quantitative estimate of drug-likeness (QED) is 0.518. The average molecular weight is 378 g/mol. The topological polar surface area (TPSA) is 38.3 Å². The molecule has 0 aromatic heterocycles. The number of aryl methyl sites for hydroxylation is 2. The lowest BCUT2D eigenvalue weighted by atomic mass is 10.2. The maximum absolute atomic E-state index is 12.3. The van der Waals surface area contributed by atoms with E-state index in [4.69, 9.17) is 16.3 Å². The molecule has 0 spiro atoms. The van der Waals surface area contributed by atoms with Gasteiger partial charge in [-0.2, -0.15) is 0 Å². The van der Waals surface area contributed by atoms with Crippen LogP contribution in [0.15, 0.2) is 47.4 Å². The van der Waals surface area contributed by atoms with Crippen molar-refractivity contribution < 1.29 is 9.53 Å². The van der Waals surface area contributed by atoms with E-state index in [1.54, 1.807) is 23.9 Å². The lowest BCUT2D eigenvalue weighted by Gasteiger charge is -2.17. The standard InChI is InChI=1S/C20H24ClNO2S/c1-4-19(24-16-7-10-18(21)15(3)13-16)20(23)22-11-12-25-17-8-5-14(2)6-9-17/h5-10,13,19H,4,11-12H2,1-3H3,(H,22,23)/t19-/m1/s1. The maximum atomic E-state index is 12.3. The Morgan fingerprint density at radius 2 is 1.92 bits per heavy atom. The third kappa shape index (κ3) is 6.29. The minimum absolute atomic E-state index is 0.0837. The number of carbonyl (C=O) groups is 1. The molecule has 0 aliphatic heterocycles. The minimum Gasteiger partial charge on any atom is -0.481 e. The SMILES string of the molecule is CC[C@@H](Oc1ccc(Cl)c(C)c1)C(=O)NCCSc1ccc(C)cc1. The highest BCUT2D eigenvalue weighted by Crippen LogP contribution is 2.22. The molecule has 1 amide bonds. The minimum atomic E-state index is -0.495. The van der Waals surface area contributed by atoms with Crippen LogP contribution in [-0.2, 0) is 4.79 Å². The van der Waals surface area contributed by atoms with Crippen molar-refractivity contribution in [2.24, 2.45) is 0 Å². The van der Waals surface area contributed by atoms with E-state index in [-0.39, 0.29) is 5.91 Å². The molecule has 25 heavy (non-hydrogen) atoms. The molecule has 3 nitrogen and oxygen atoms in total. The molecular weight excluding hydrogens is 354 g/mol. The monoisotopic (exact) mass is 377 g/mol. The predicted octanol–water partition coefficient (Wildman–Crippen LogP) is 5.02. The van der Waals surface area contributed by atoms with Gasteiger partial charge in [-0.15, -0.1) is 11.8 Å². The summed E-state index contributed by atoms with van der Waals surface area (Å²) in [5.41, 5.74) is 2.18. The first-order valence-corrected chi connectivity index (χ1v) is 9.76. The van der Waals surface area contributed by atoms with Gasteiger partial charge in [0.1, 0.15) is 5.75 Å². The van der Waals surface area contributed by atoms with Gasteiger partial charge in [-0.05, 0) is 56.2 Å². The fourth-order valence-electron chi connectivity index (χ4n) is 2.27. The highest BCUT2D eigenvalue weighted by molar-refractivity contribution is 7.99. The number of carbonyl (C=O) groups excluding carboxylic acids is 1. The Balaban J connectivity index is 1.79. The van der Waals surface area contributed by atoms with Gasteiger partial charge in [0.25, 0.3) is 5.91 Å². The van der Waals surface area contributed by atoms with Gasteiger partial charge in [-0.3, -0.25) is 4.79 Å². The van der Waals surface area contributed by atoms with Crippen LogP contribution in [0.1, 0.15) is 24.5 Å². The van der Waals surface area contributed by atoms with E-state index >= 15 is 0 Å². The normalized spacial score (nSPS) is 11.8. The van der Waals surface area contributed by atoms with E-state index in [2.05, 4.69) is 36.5 Å². The molecule has 5 heteroatoms. The van der Waals surface area contributed by atoms with Gasteiger partial charge < -0.3 is 10.1 Å². The summed E-state index contributed by atoms with van der Waals surface area (Å²) in [6.45, 7) is 6.53. The first-order valence-electron chi connectivity index (χ1n) is 8.39. The number of amides is 1. The van der Waals surface area contributed by atoms with Crippen molar-refractivity contribution in [2.45, 2.75) is 38.2 Å². The number of thioether (sulfide) groups is 1. The number of halogens is 1. The van der Waals surface area contributed by atoms with Gasteiger partial charge in [0.2, 0.25) is 0 Å². The first-order chi connectivity index (χ1) is 12.0. The maximum Gasteiger partial charge on any atom is 0.261 e. The summed E-state index contributed by atoms with van der Waals surface area (Å²) in [6, 6.07) is 13.8. The van der Waals surface area contributed by atoms with Crippen LogP contribution in [0.5, 0.6) is 5.75 Å². The molecule has 0 aliphatic rings. The summed E-state index contributed by atoms with van der Waals surface area (Å²) >= 11 is 7.75. The Kier molecular flexibility index (Phi) is 7.66. The molecule has 134 valence electrons. The van der Waals surface area contributed by atoms with Crippen LogP contribution in [0.4, 0.5) is 0 Å². The van der Waals surface area contributed by atoms with Crippen LogP contribution >= 0.6 is 23.4 Å². The van der Waals surface area contributed by atoms with Crippen molar-refractivity contribution in [3.8, 4) is 5.75 Å². The van der Waals surface area contributed by atoms with E-state index in [0.29, 0.717) is 23.7 Å². The summed E-state index contributed by atoms with van der Waals surface area (Å²) in [5.74, 6) is 1.41. The van der Waals surface area contributed by atoms with Crippen LogP contribution in [0.3, 0.4) is 0 Å². The molecule has 0 bridgehead atoms. The Hall–Kier alpha value is -1.65. The summed E-state index contributed by atoms with van der Waals surface area (Å²) in [7, 11) is 0. The van der Waals surface area contributed by atoms with E-state index in [9.17, 15) is 4.79 Å². The van der Waals surface area contributed by atoms with Gasteiger partial charge in [0.05, 0.1) is 0 Å². The van der Waals surface area contributed by atoms with Crippen molar-refractivity contribution in [2.75, 3.05) is 12.3 Å². The molecule has 0 heterocycles. The van der Waals surface area contributed by atoms with E-state index in [1.807, 2.05) is 19.9 Å². The van der Waals surface area contributed by atoms with Gasteiger partial charge in [-0.25, -0.2) is 0 Å². The zero-order valence-electron chi connectivity index (χ0n) is 14.8. The number of hydrogen-bond donors (Lipinski definition) is 1. The van der Waals surface area contributed by atoms with Crippen LogP contribution in [-0.4, -0.2) is 24.3 Å². The van der Waals surface area contributed by atoms with Crippen molar-refractivity contribution in [3.05, 3.63) is 58.6 Å². The second kappa shape index (κ2) is 9.73. The third-order valence-electron chi connectivity index (χ3n) is 3.76. The van der Waals surface area contributed by atoms with Crippen LogP contribution in [0, 0.1) is 13.8 Å². The van der Waals surface area contributed by atoms with Gasteiger partial charge in [-0.1, -0.05) is 36.2 Å². The number of ether oxygens (including phenoxy) is 1. The zero-order valence-corrected chi connectivity index (χ0v) is 16.4. The molecule has 0 fully saturated rings. The molecule has 2 aromatic carbocycles. The van der Waals surface area contributed by atoms with E-state index in [1.165, 1.54) is 10.5 Å². The number of hydrogen-bond acceptors (Lipinski definition) is 3. The summed E-state index contributed by atoms with van der Waals surface area (Å²) in [5, 5.41) is 3.64. The third-order valence-corrected chi connectivity index (χ3v) is 5.20. The van der Waals surface area contributed by atoms with E-state index in [0.717, 1.165) is 11.3 Å². The summed E-state index contributed by atoms with van der Waals surface area (Å²) in [4.78, 5) is 13.5. The second-order valence-electron chi connectivity index (χ2n) is 5.88. The Morgan fingerprint density at radius 3 is 2.56 bits per heavy atom. The van der Waals surface area contributed by atoms with E-state index < -0.39 is 6.10 Å². The van der Waals surface area contributed by atoms with Crippen LogP contribution < -0.4 is 10.1 Å². The molecule has 0 unspecified atom stereocenters. The summed E-state index contributed by atoms with van der Waals surface area (Å²) < 4.78 is 5.81.